The van der Waals surface area contributed by atoms with Crippen molar-refractivity contribution in [1.29, 1.82) is 5.26 Å². The quantitative estimate of drug-likeness (QED) is 0.841. The van der Waals surface area contributed by atoms with Gasteiger partial charge in [0.1, 0.15) is 30.1 Å². The smallest absolute Gasteiger partial charge is 0.147 e. The number of aryl methyl sites for hydroxylation is 1. The molecule has 0 N–H and O–H groups in total. The van der Waals surface area contributed by atoms with E-state index in [2.05, 4.69) is 0 Å². The van der Waals surface area contributed by atoms with E-state index in [1.165, 1.54) is 18.2 Å². The minimum atomic E-state index is -0.580. The van der Waals surface area contributed by atoms with Gasteiger partial charge in [0, 0.05) is 5.56 Å². The van der Waals surface area contributed by atoms with Crippen LogP contribution in [0.4, 0.5) is 8.78 Å². The van der Waals surface area contributed by atoms with Crippen molar-refractivity contribution in [2.45, 2.75) is 13.5 Å². The molecule has 0 radical (unpaired) electrons. The van der Waals surface area contributed by atoms with Crippen molar-refractivity contribution in [2.24, 2.45) is 0 Å². The van der Waals surface area contributed by atoms with Gasteiger partial charge in [-0.2, -0.15) is 5.26 Å². The monoisotopic (exact) mass is 259 g/mol. The molecule has 0 aliphatic rings. The van der Waals surface area contributed by atoms with E-state index < -0.39 is 5.82 Å². The van der Waals surface area contributed by atoms with Crippen molar-refractivity contribution in [1.82, 2.24) is 0 Å². The summed E-state index contributed by atoms with van der Waals surface area (Å²) in [4.78, 5) is 0. The minimum absolute atomic E-state index is 0.00751. The molecule has 2 rings (SSSR count). The van der Waals surface area contributed by atoms with E-state index in [1.54, 1.807) is 31.2 Å². The van der Waals surface area contributed by atoms with Gasteiger partial charge in [-0.1, -0.05) is 12.1 Å². The molecule has 0 aromatic heterocycles. The Kier molecular flexibility index (Phi) is 3.76. The number of rotatable bonds is 3. The fourth-order valence-electron chi connectivity index (χ4n) is 1.65. The molecular formula is C15H11F2NO. The van der Waals surface area contributed by atoms with Crippen molar-refractivity contribution >= 4 is 0 Å². The van der Waals surface area contributed by atoms with Crippen LogP contribution in [0.2, 0.25) is 0 Å². The Hall–Kier alpha value is -2.41. The summed E-state index contributed by atoms with van der Waals surface area (Å²) in [5, 5.41) is 8.72. The summed E-state index contributed by atoms with van der Waals surface area (Å²) in [6.45, 7) is 1.62. The summed E-state index contributed by atoms with van der Waals surface area (Å²) < 4.78 is 32.2. The Morgan fingerprint density at radius 1 is 1.21 bits per heavy atom. The summed E-state index contributed by atoms with van der Waals surface area (Å²) in [5.41, 5.74) is 0.737. The molecule has 0 heterocycles. The second kappa shape index (κ2) is 5.49. The molecular weight excluding hydrogens is 248 g/mol. The SMILES string of the molecule is Cc1cc(OCc2cccc(C#N)c2F)ccc1F. The average molecular weight is 259 g/mol. The van der Waals surface area contributed by atoms with Gasteiger partial charge in [0.05, 0.1) is 5.56 Å². The molecule has 0 spiro atoms. The van der Waals surface area contributed by atoms with E-state index in [9.17, 15) is 8.78 Å². The molecule has 0 unspecified atom stereocenters. The molecule has 2 aromatic rings. The van der Waals surface area contributed by atoms with Crippen LogP contribution in [0.25, 0.3) is 0 Å². The first kappa shape index (κ1) is 13.0. The van der Waals surface area contributed by atoms with Gasteiger partial charge < -0.3 is 4.74 Å². The first-order chi connectivity index (χ1) is 9.11. The third-order valence-electron chi connectivity index (χ3n) is 2.72. The second-order valence-electron chi connectivity index (χ2n) is 4.09. The molecule has 0 amide bonds. The van der Waals surface area contributed by atoms with Crippen molar-refractivity contribution < 1.29 is 13.5 Å². The lowest BCUT2D eigenvalue weighted by molar-refractivity contribution is 0.299. The average Bonchev–Trinajstić information content (AvgIpc) is 2.41. The van der Waals surface area contributed by atoms with Crippen LogP contribution in [0.5, 0.6) is 5.75 Å². The van der Waals surface area contributed by atoms with Crippen LogP contribution in [0.3, 0.4) is 0 Å². The molecule has 0 bridgehead atoms. The second-order valence-corrected chi connectivity index (χ2v) is 4.09. The Bertz CT molecular complexity index is 647. The molecule has 0 saturated carbocycles. The third kappa shape index (κ3) is 2.89. The first-order valence-corrected chi connectivity index (χ1v) is 5.68. The largest absolute Gasteiger partial charge is 0.489 e. The summed E-state index contributed by atoms with van der Waals surface area (Å²) in [6.07, 6.45) is 0. The van der Waals surface area contributed by atoms with Crippen molar-refractivity contribution in [3.63, 3.8) is 0 Å². The Balaban J connectivity index is 2.15. The summed E-state index contributed by atoms with van der Waals surface area (Å²) in [5.74, 6) is -0.436. The van der Waals surface area contributed by atoms with Crippen LogP contribution < -0.4 is 4.74 Å². The van der Waals surface area contributed by atoms with Gasteiger partial charge in [-0.3, -0.25) is 0 Å². The topological polar surface area (TPSA) is 33.0 Å². The number of ether oxygens (including phenoxy) is 1. The highest BCUT2D eigenvalue weighted by atomic mass is 19.1. The number of hydrogen-bond acceptors (Lipinski definition) is 2. The molecule has 2 aromatic carbocycles. The molecule has 0 aliphatic carbocycles. The Morgan fingerprint density at radius 3 is 2.68 bits per heavy atom. The number of benzene rings is 2. The van der Waals surface area contributed by atoms with Crippen LogP contribution in [0.1, 0.15) is 16.7 Å². The molecule has 0 fully saturated rings. The van der Waals surface area contributed by atoms with Crippen LogP contribution in [0.15, 0.2) is 36.4 Å². The molecule has 19 heavy (non-hydrogen) atoms. The summed E-state index contributed by atoms with van der Waals surface area (Å²) in [7, 11) is 0. The maximum Gasteiger partial charge on any atom is 0.147 e. The number of nitriles is 1. The fourth-order valence-corrected chi connectivity index (χ4v) is 1.65. The number of halogens is 2. The van der Waals surface area contributed by atoms with Crippen LogP contribution in [0, 0.1) is 29.9 Å². The van der Waals surface area contributed by atoms with E-state index in [1.807, 2.05) is 0 Å². The standard InChI is InChI=1S/C15H11F2NO/c1-10-7-13(5-6-14(10)16)19-9-12-4-2-3-11(8-18)15(12)17/h2-7H,9H2,1H3. The first-order valence-electron chi connectivity index (χ1n) is 5.68. The van der Waals surface area contributed by atoms with E-state index in [-0.39, 0.29) is 18.0 Å². The highest BCUT2D eigenvalue weighted by Gasteiger charge is 2.08. The van der Waals surface area contributed by atoms with E-state index in [4.69, 9.17) is 10.00 Å². The predicted molar refractivity (Wildman–Crippen MR) is 66.6 cm³/mol. The molecule has 4 heteroatoms. The van der Waals surface area contributed by atoms with Gasteiger partial charge in [0.2, 0.25) is 0 Å². The van der Waals surface area contributed by atoms with Crippen LogP contribution in [-0.2, 0) is 6.61 Å². The van der Waals surface area contributed by atoms with Gasteiger partial charge in [-0.15, -0.1) is 0 Å². The number of hydrogen-bond donors (Lipinski definition) is 0. The zero-order valence-corrected chi connectivity index (χ0v) is 10.3. The highest BCUT2D eigenvalue weighted by Crippen LogP contribution is 2.19. The predicted octanol–water partition coefficient (Wildman–Crippen LogP) is 3.72. The van der Waals surface area contributed by atoms with Crippen molar-refractivity contribution in [3.05, 3.63) is 64.7 Å². The van der Waals surface area contributed by atoms with E-state index in [0.29, 0.717) is 16.9 Å². The zero-order valence-electron chi connectivity index (χ0n) is 10.3. The summed E-state index contributed by atoms with van der Waals surface area (Å²) >= 11 is 0. The summed E-state index contributed by atoms with van der Waals surface area (Å²) in [6, 6.07) is 10.6. The lowest BCUT2D eigenvalue weighted by atomic mass is 10.1. The normalized spacial score (nSPS) is 10.0. The van der Waals surface area contributed by atoms with Gasteiger partial charge in [-0.25, -0.2) is 8.78 Å². The molecule has 0 saturated heterocycles. The maximum absolute atomic E-state index is 13.8. The van der Waals surface area contributed by atoms with Crippen LogP contribution >= 0.6 is 0 Å². The van der Waals surface area contributed by atoms with Crippen molar-refractivity contribution in [3.8, 4) is 11.8 Å². The van der Waals surface area contributed by atoms with Gasteiger partial charge in [-0.05, 0) is 36.8 Å². The van der Waals surface area contributed by atoms with Crippen LogP contribution in [-0.4, -0.2) is 0 Å². The van der Waals surface area contributed by atoms with Gasteiger partial charge >= 0.3 is 0 Å². The van der Waals surface area contributed by atoms with Crippen molar-refractivity contribution in [2.75, 3.05) is 0 Å². The van der Waals surface area contributed by atoms with Gasteiger partial charge in [0.15, 0.2) is 0 Å². The highest BCUT2D eigenvalue weighted by molar-refractivity contribution is 5.35. The molecule has 0 atom stereocenters. The van der Waals surface area contributed by atoms with E-state index >= 15 is 0 Å². The minimum Gasteiger partial charge on any atom is -0.489 e. The number of nitrogens with zero attached hydrogens (tertiary/aromatic N) is 1. The molecule has 2 nitrogen and oxygen atoms in total. The fraction of sp³-hybridized carbons (Fsp3) is 0.133. The zero-order chi connectivity index (χ0) is 13.8. The van der Waals surface area contributed by atoms with Gasteiger partial charge in [0.25, 0.3) is 0 Å². The molecule has 96 valence electrons. The lowest BCUT2D eigenvalue weighted by Gasteiger charge is -2.08. The lowest BCUT2D eigenvalue weighted by Crippen LogP contribution is -2.00. The third-order valence-corrected chi connectivity index (χ3v) is 2.72. The maximum atomic E-state index is 13.8. The Morgan fingerprint density at radius 2 is 2.00 bits per heavy atom. The van der Waals surface area contributed by atoms with E-state index in [0.717, 1.165) is 0 Å². The Labute approximate surface area is 109 Å². The molecule has 0 aliphatic heterocycles.